The molecule has 0 aliphatic carbocycles. The van der Waals surface area contributed by atoms with E-state index in [1.54, 1.807) is 23.5 Å². The summed E-state index contributed by atoms with van der Waals surface area (Å²) in [5, 5.41) is 13.4. The van der Waals surface area contributed by atoms with Crippen LogP contribution in [-0.4, -0.2) is 5.11 Å². The maximum Gasteiger partial charge on any atom is 0.118 e. The number of benzene rings is 3. The van der Waals surface area contributed by atoms with Crippen LogP contribution in [0.25, 0.3) is 32.0 Å². The molecule has 5 heteroatoms. The number of hydrogen-bond donors (Lipinski definition) is 2. The van der Waals surface area contributed by atoms with Gasteiger partial charge in [-0.15, -0.1) is 11.3 Å². The van der Waals surface area contributed by atoms with Gasteiger partial charge < -0.3 is 10.8 Å². The van der Waals surface area contributed by atoms with Crippen LogP contribution in [0.5, 0.6) is 5.75 Å². The maximum absolute atomic E-state index is 9.88. The van der Waals surface area contributed by atoms with E-state index in [4.69, 9.17) is 5.73 Å². The number of rotatable bonds is 1. The van der Waals surface area contributed by atoms with E-state index in [0.29, 0.717) is 5.69 Å². The Bertz CT molecular complexity index is 1140. The molecule has 0 bridgehead atoms. The van der Waals surface area contributed by atoms with E-state index in [1.165, 1.54) is 20.5 Å². The van der Waals surface area contributed by atoms with Gasteiger partial charge in [0.2, 0.25) is 0 Å². The molecule has 0 aliphatic rings. The minimum atomic E-state index is 0.156. The number of halogens is 2. The molecule has 0 unspecified atom stereocenters. The number of anilines is 1. The lowest BCUT2D eigenvalue weighted by Crippen LogP contribution is -1.94. The fraction of sp³-hybridized carbons (Fsp3) is 0.100. The monoisotopic (exact) mass is 475 g/mol. The van der Waals surface area contributed by atoms with Crippen LogP contribution in [0.1, 0.15) is 10.4 Å². The van der Waals surface area contributed by atoms with Crippen LogP contribution in [0.2, 0.25) is 0 Å². The largest absolute Gasteiger partial charge is 0.508 e. The third-order valence-electron chi connectivity index (χ3n) is 4.62. The van der Waals surface area contributed by atoms with Gasteiger partial charge in [-0.3, -0.25) is 0 Å². The zero-order chi connectivity index (χ0) is 17.9. The Labute approximate surface area is 166 Å². The molecule has 0 spiro atoms. The van der Waals surface area contributed by atoms with Gasteiger partial charge in [-0.25, -0.2) is 0 Å². The summed E-state index contributed by atoms with van der Waals surface area (Å²) in [6.07, 6.45) is 0. The van der Waals surface area contributed by atoms with Gasteiger partial charge >= 0.3 is 0 Å². The number of nitrogens with two attached hydrogens (primary N) is 1. The topological polar surface area (TPSA) is 46.2 Å². The second-order valence-corrected chi connectivity index (χ2v) is 8.99. The summed E-state index contributed by atoms with van der Waals surface area (Å²) >= 11 is 9.21. The van der Waals surface area contributed by atoms with Crippen molar-refractivity contribution in [1.29, 1.82) is 0 Å². The van der Waals surface area contributed by atoms with Crippen LogP contribution in [0.3, 0.4) is 0 Å². The van der Waals surface area contributed by atoms with Crippen molar-refractivity contribution >= 4 is 69.7 Å². The number of phenols is 1. The Hall–Kier alpha value is -1.56. The first kappa shape index (κ1) is 16.9. The van der Waals surface area contributed by atoms with Crippen molar-refractivity contribution in [2.75, 3.05) is 5.73 Å². The lowest BCUT2D eigenvalue weighted by atomic mass is 9.92. The number of hydrogen-bond acceptors (Lipinski definition) is 3. The molecule has 4 aromatic rings. The van der Waals surface area contributed by atoms with Gasteiger partial charge in [0.1, 0.15) is 5.75 Å². The van der Waals surface area contributed by atoms with E-state index in [9.17, 15) is 5.11 Å². The van der Waals surface area contributed by atoms with Crippen molar-refractivity contribution < 1.29 is 5.11 Å². The Morgan fingerprint density at radius 1 is 1.00 bits per heavy atom. The Morgan fingerprint density at radius 2 is 1.68 bits per heavy atom. The molecule has 0 amide bonds. The normalized spacial score (nSPS) is 11.5. The average molecular weight is 477 g/mol. The van der Waals surface area contributed by atoms with Gasteiger partial charge in [-0.2, -0.15) is 0 Å². The first-order valence-corrected chi connectivity index (χ1v) is 10.2. The fourth-order valence-electron chi connectivity index (χ4n) is 3.37. The molecular formula is C20H15Br2NOS. The molecule has 0 fully saturated rings. The van der Waals surface area contributed by atoms with E-state index in [0.717, 1.165) is 30.8 Å². The number of aromatic hydroxyl groups is 1. The minimum absolute atomic E-state index is 0.156. The van der Waals surface area contributed by atoms with Crippen LogP contribution in [0.15, 0.2) is 45.3 Å². The third kappa shape index (κ3) is 2.48. The van der Waals surface area contributed by atoms with Crippen molar-refractivity contribution in [3.05, 3.63) is 55.8 Å². The highest BCUT2D eigenvalue weighted by Crippen LogP contribution is 2.50. The Kier molecular flexibility index (Phi) is 4.06. The first-order chi connectivity index (χ1) is 11.9. The van der Waals surface area contributed by atoms with E-state index >= 15 is 0 Å². The fourth-order valence-corrected chi connectivity index (χ4v) is 5.94. The second-order valence-electron chi connectivity index (χ2n) is 6.11. The van der Waals surface area contributed by atoms with Gasteiger partial charge in [0, 0.05) is 42.1 Å². The molecule has 126 valence electrons. The van der Waals surface area contributed by atoms with Gasteiger partial charge in [0.05, 0.1) is 4.70 Å². The molecule has 2 nitrogen and oxygen atoms in total. The lowest BCUT2D eigenvalue weighted by Gasteiger charge is -2.16. The summed E-state index contributed by atoms with van der Waals surface area (Å²) in [6, 6.07) is 11.6. The van der Waals surface area contributed by atoms with E-state index in [2.05, 4.69) is 57.8 Å². The van der Waals surface area contributed by atoms with E-state index < -0.39 is 0 Å². The highest BCUT2D eigenvalue weighted by atomic mass is 79.9. The summed E-state index contributed by atoms with van der Waals surface area (Å²) < 4.78 is 3.14. The summed E-state index contributed by atoms with van der Waals surface area (Å²) in [5.74, 6) is 0.156. The van der Waals surface area contributed by atoms with Crippen molar-refractivity contribution in [2.24, 2.45) is 0 Å². The van der Waals surface area contributed by atoms with Crippen LogP contribution in [-0.2, 0) is 0 Å². The third-order valence-corrected chi connectivity index (χ3v) is 7.56. The minimum Gasteiger partial charge on any atom is -0.508 e. The molecule has 3 aromatic carbocycles. The molecule has 0 atom stereocenters. The highest BCUT2D eigenvalue weighted by Gasteiger charge is 2.21. The zero-order valence-electron chi connectivity index (χ0n) is 13.7. The smallest absolute Gasteiger partial charge is 0.118 e. The van der Waals surface area contributed by atoms with Crippen LogP contribution >= 0.6 is 43.2 Å². The summed E-state index contributed by atoms with van der Waals surface area (Å²) in [4.78, 5) is 1.29. The Morgan fingerprint density at radius 3 is 2.36 bits per heavy atom. The van der Waals surface area contributed by atoms with Crippen LogP contribution < -0.4 is 5.73 Å². The predicted octanol–water partition coefficient (Wildman–Crippen LogP) is 7.15. The van der Waals surface area contributed by atoms with Crippen molar-refractivity contribution in [1.82, 2.24) is 0 Å². The van der Waals surface area contributed by atoms with Gasteiger partial charge in [0.15, 0.2) is 0 Å². The predicted molar refractivity (Wildman–Crippen MR) is 116 cm³/mol. The number of aryl methyl sites for hydroxylation is 2. The van der Waals surface area contributed by atoms with Crippen molar-refractivity contribution in [2.45, 2.75) is 13.8 Å². The molecule has 3 N–H and O–H groups in total. The highest BCUT2D eigenvalue weighted by molar-refractivity contribution is 9.11. The molecule has 0 saturated carbocycles. The summed E-state index contributed by atoms with van der Waals surface area (Å²) in [5.41, 5.74) is 10.2. The number of phenolic OH excluding ortho intramolecular Hbond substituents is 1. The summed E-state index contributed by atoms with van der Waals surface area (Å²) in [6.45, 7) is 4.31. The molecule has 0 aliphatic heterocycles. The van der Waals surface area contributed by atoms with E-state index in [1.807, 2.05) is 12.1 Å². The first-order valence-electron chi connectivity index (χ1n) is 7.78. The lowest BCUT2D eigenvalue weighted by molar-refractivity contribution is 0.475. The van der Waals surface area contributed by atoms with Crippen LogP contribution in [0.4, 0.5) is 5.69 Å². The zero-order valence-corrected chi connectivity index (χ0v) is 17.6. The molecule has 25 heavy (non-hydrogen) atoms. The molecule has 0 saturated heterocycles. The standard InChI is InChI=1S/C20H15Br2NOS/c1-9-10(2)25-20-16(9)17(12-5-3-4-6-13(12)19(20)22)18-14(21)7-11(24)8-15(18)23/h3-8,24H,23H2,1-2H3. The molecule has 0 radical (unpaired) electrons. The van der Waals surface area contributed by atoms with Gasteiger partial charge in [-0.1, -0.05) is 24.3 Å². The van der Waals surface area contributed by atoms with Gasteiger partial charge in [-0.05, 0) is 68.1 Å². The molecule has 1 heterocycles. The maximum atomic E-state index is 9.88. The van der Waals surface area contributed by atoms with Crippen LogP contribution in [0, 0.1) is 13.8 Å². The second kappa shape index (κ2) is 6.01. The molecule has 1 aromatic heterocycles. The molecular weight excluding hydrogens is 462 g/mol. The van der Waals surface area contributed by atoms with Crippen molar-refractivity contribution in [3.63, 3.8) is 0 Å². The average Bonchev–Trinajstić information content (AvgIpc) is 2.86. The number of nitrogen functional groups attached to an aromatic ring is 1. The molecule has 4 rings (SSSR count). The van der Waals surface area contributed by atoms with Gasteiger partial charge in [0.25, 0.3) is 0 Å². The quantitative estimate of drug-likeness (QED) is 0.286. The number of thiophene rings is 1. The van der Waals surface area contributed by atoms with Crippen molar-refractivity contribution in [3.8, 4) is 16.9 Å². The summed E-state index contributed by atoms with van der Waals surface area (Å²) in [7, 11) is 0. The number of fused-ring (bicyclic) bond motifs is 2. The Balaban J connectivity index is 2.32. The van der Waals surface area contributed by atoms with E-state index in [-0.39, 0.29) is 5.75 Å². The SMILES string of the molecule is Cc1sc2c(Br)c3ccccc3c(-c3c(N)cc(O)cc3Br)c2c1C.